The number of fused-ring (bicyclic) bond motifs is 1. The summed E-state index contributed by atoms with van der Waals surface area (Å²) in [5.74, 6) is 0.374. The molecule has 0 radical (unpaired) electrons. The van der Waals surface area contributed by atoms with Gasteiger partial charge in [0.05, 0.1) is 17.3 Å². The molecule has 0 spiro atoms. The van der Waals surface area contributed by atoms with Crippen LogP contribution in [-0.2, 0) is 0 Å². The summed E-state index contributed by atoms with van der Waals surface area (Å²) in [6.45, 7) is 3.43. The summed E-state index contributed by atoms with van der Waals surface area (Å²) < 4.78 is 5.88. The zero-order valence-electron chi connectivity index (χ0n) is 15.3. The first-order valence-electron chi connectivity index (χ1n) is 8.46. The van der Waals surface area contributed by atoms with Crippen molar-refractivity contribution < 1.29 is 9.84 Å². The number of nitriles is 2. The van der Waals surface area contributed by atoms with Crippen molar-refractivity contribution >= 4 is 23.2 Å². The van der Waals surface area contributed by atoms with Crippen LogP contribution in [0.25, 0.3) is 0 Å². The van der Waals surface area contributed by atoms with Crippen LogP contribution in [0.5, 0.6) is 5.75 Å². The van der Waals surface area contributed by atoms with Crippen LogP contribution in [0.3, 0.4) is 0 Å². The molecular formula is C20H18ClN5O2. The molecule has 0 amide bonds. The van der Waals surface area contributed by atoms with E-state index < -0.39 is 17.7 Å². The van der Waals surface area contributed by atoms with Gasteiger partial charge in [0.2, 0.25) is 5.96 Å². The summed E-state index contributed by atoms with van der Waals surface area (Å²) in [5.41, 5.74) is 6.50. The van der Waals surface area contributed by atoms with Crippen LogP contribution in [-0.4, -0.2) is 27.7 Å². The molecule has 0 saturated heterocycles. The zero-order valence-corrected chi connectivity index (χ0v) is 16.1. The Hall–Kier alpha value is -3.26. The number of aliphatic hydroxyl groups excluding tert-OH is 1. The van der Waals surface area contributed by atoms with Gasteiger partial charge in [0, 0.05) is 10.6 Å². The van der Waals surface area contributed by atoms with Crippen LogP contribution < -0.4 is 10.5 Å². The minimum Gasteiger partial charge on any atom is -0.485 e. The second-order valence-corrected chi connectivity index (χ2v) is 7.31. The minimum absolute atomic E-state index is 0.0973. The van der Waals surface area contributed by atoms with Gasteiger partial charge in [-0.15, -0.1) is 0 Å². The highest BCUT2D eigenvalue weighted by Gasteiger charge is 2.46. The normalized spacial score (nSPS) is 20.3. The van der Waals surface area contributed by atoms with Gasteiger partial charge in [0.25, 0.3) is 0 Å². The van der Waals surface area contributed by atoms with E-state index in [2.05, 4.69) is 11.1 Å². The van der Waals surface area contributed by atoms with Crippen molar-refractivity contribution in [2.75, 3.05) is 0 Å². The molecule has 0 saturated carbocycles. The van der Waals surface area contributed by atoms with Crippen LogP contribution in [0.4, 0.5) is 5.69 Å². The number of guanidine groups is 1. The lowest BCUT2D eigenvalue weighted by atomic mass is 9.85. The monoisotopic (exact) mass is 395 g/mol. The quantitative estimate of drug-likeness (QED) is 0.349. The molecule has 0 aromatic heterocycles. The van der Waals surface area contributed by atoms with E-state index >= 15 is 0 Å². The van der Waals surface area contributed by atoms with Crippen LogP contribution >= 0.6 is 11.6 Å². The van der Waals surface area contributed by atoms with E-state index in [1.165, 1.54) is 0 Å². The molecule has 2 atom stereocenters. The molecular weight excluding hydrogens is 378 g/mol. The van der Waals surface area contributed by atoms with E-state index in [-0.39, 0.29) is 5.96 Å². The number of benzene rings is 2. The number of hydrogen-bond acceptors (Lipinski definition) is 5. The minimum atomic E-state index is -1.10. The topological polar surface area (TPSA) is 119 Å². The molecule has 0 unspecified atom stereocenters. The number of aliphatic hydroxyl groups is 1. The van der Waals surface area contributed by atoms with Crippen molar-refractivity contribution in [2.45, 2.75) is 31.6 Å². The number of aliphatic imine (C=N–C) groups is 1. The maximum absolute atomic E-state index is 10.9. The van der Waals surface area contributed by atoms with Gasteiger partial charge in [0.15, 0.2) is 6.19 Å². The molecule has 1 aliphatic heterocycles. The Kier molecular flexibility index (Phi) is 5.15. The van der Waals surface area contributed by atoms with Gasteiger partial charge in [-0.25, -0.2) is 9.89 Å². The largest absolute Gasteiger partial charge is 0.485 e. The van der Waals surface area contributed by atoms with Gasteiger partial charge >= 0.3 is 0 Å². The Morgan fingerprint density at radius 2 is 1.93 bits per heavy atom. The van der Waals surface area contributed by atoms with Crippen molar-refractivity contribution in [3.63, 3.8) is 0 Å². The third-order valence-corrected chi connectivity index (χ3v) is 4.80. The van der Waals surface area contributed by atoms with Crippen LogP contribution in [0.1, 0.15) is 31.0 Å². The summed E-state index contributed by atoms with van der Waals surface area (Å²) in [7, 11) is 0. The number of ether oxygens (including phenoxy) is 1. The molecule has 3 N–H and O–H groups in total. The Balaban J connectivity index is 2.09. The van der Waals surface area contributed by atoms with Crippen LogP contribution in [0.2, 0.25) is 5.02 Å². The van der Waals surface area contributed by atoms with Crippen molar-refractivity contribution in [1.82, 2.24) is 4.90 Å². The SMILES string of the molecule is CC1(C)Oc2ccc(C#N)cc2[C@H](N(C#N)C(N)=Nc2ccc(Cl)cc2)[C@H]1O. The third kappa shape index (κ3) is 3.59. The van der Waals surface area contributed by atoms with Crippen molar-refractivity contribution in [1.29, 1.82) is 10.5 Å². The smallest absolute Gasteiger partial charge is 0.210 e. The summed E-state index contributed by atoms with van der Waals surface area (Å²) in [4.78, 5) is 5.40. The molecule has 142 valence electrons. The lowest BCUT2D eigenvalue weighted by Crippen LogP contribution is -2.54. The molecule has 1 heterocycles. The molecule has 0 aliphatic carbocycles. The highest BCUT2D eigenvalue weighted by Crippen LogP contribution is 2.43. The van der Waals surface area contributed by atoms with E-state index in [4.69, 9.17) is 22.1 Å². The van der Waals surface area contributed by atoms with Gasteiger partial charge in [-0.1, -0.05) is 11.6 Å². The van der Waals surface area contributed by atoms with Gasteiger partial charge in [-0.05, 0) is 56.3 Å². The lowest BCUT2D eigenvalue weighted by Gasteiger charge is -2.44. The van der Waals surface area contributed by atoms with Crippen LogP contribution in [0, 0.1) is 22.8 Å². The Bertz CT molecular complexity index is 1000. The Labute approximate surface area is 167 Å². The molecule has 7 nitrogen and oxygen atoms in total. The lowest BCUT2D eigenvalue weighted by molar-refractivity contribution is -0.0751. The van der Waals surface area contributed by atoms with Gasteiger partial charge in [-0.3, -0.25) is 0 Å². The van der Waals surface area contributed by atoms with E-state index in [0.717, 1.165) is 4.90 Å². The highest BCUT2D eigenvalue weighted by atomic mass is 35.5. The summed E-state index contributed by atoms with van der Waals surface area (Å²) in [6, 6.07) is 12.7. The van der Waals surface area contributed by atoms with E-state index in [1.54, 1.807) is 56.3 Å². The van der Waals surface area contributed by atoms with E-state index in [0.29, 0.717) is 27.6 Å². The van der Waals surface area contributed by atoms with Gasteiger partial charge in [-0.2, -0.15) is 10.5 Å². The van der Waals surface area contributed by atoms with E-state index in [1.807, 2.05) is 6.19 Å². The second-order valence-electron chi connectivity index (χ2n) is 6.88. The number of nitrogens with two attached hydrogens (primary N) is 1. The predicted octanol–water partition coefficient (Wildman–Crippen LogP) is 3.21. The fourth-order valence-electron chi connectivity index (χ4n) is 3.07. The average Bonchev–Trinajstić information content (AvgIpc) is 2.66. The molecule has 0 fully saturated rings. The number of rotatable bonds is 2. The third-order valence-electron chi connectivity index (χ3n) is 4.54. The highest BCUT2D eigenvalue weighted by molar-refractivity contribution is 6.30. The first-order valence-corrected chi connectivity index (χ1v) is 8.84. The number of nitrogens with zero attached hydrogens (tertiary/aromatic N) is 4. The van der Waals surface area contributed by atoms with Crippen LogP contribution in [0.15, 0.2) is 47.5 Å². The Morgan fingerprint density at radius 1 is 1.25 bits per heavy atom. The molecule has 8 heteroatoms. The standard InChI is InChI=1S/C20H18ClN5O2/c1-20(2)18(27)17(15-9-12(10-22)3-8-16(15)28-20)26(11-23)19(24)25-14-6-4-13(21)5-7-14/h3-9,17-18,27H,1-2H3,(H2,24,25)/t17-,18+/m0/s1. The summed E-state index contributed by atoms with van der Waals surface area (Å²) in [5, 5.41) is 30.5. The fourth-order valence-corrected chi connectivity index (χ4v) is 3.20. The second kappa shape index (κ2) is 7.40. The molecule has 2 aromatic carbocycles. The fraction of sp³-hybridized carbons (Fsp3) is 0.250. The molecule has 3 rings (SSSR count). The van der Waals surface area contributed by atoms with Crippen molar-refractivity contribution in [3.05, 3.63) is 58.6 Å². The van der Waals surface area contributed by atoms with E-state index in [9.17, 15) is 15.6 Å². The zero-order chi connectivity index (χ0) is 20.5. The molecule has 2 aromatic rings. The maximum Gasteiger partial charge on any atom is 0.210 e. The Morgan fingerprint density at radius 3 is 2.54 bits per heavy atom. The molecule has 1 aliphatic rings. The maximum atomic E-state index is 10.9. The van der Waals surface area contributed by atoms with Crippen molar-refractivity contribution in [2.24, 2.45) is 10.7 Å². The summed E-state index contributed by atoms with van der Waals surface area (Å²) in [6.07, 6.45) is 0.899. The number of hydrogen-bond donors (Lipinski definition) is 2. The predicted molar refractivity (Wildman–Crippen MR) is 105 cm³/mol. The summed E-state index contributed by atoms with van der Waals surface area (Å²) >= 11 is 5.88. The molecule has 28 heavy (non-hydrogen) atoms. The first kappa shape index (κ1) is 19.5. The first-order chi connectivity index (χ1) is 13.3. The van der Waals surface area contributed by atoms with Gasteiger partial charge in [0.1, 0.15) is 23.5 Å². The molecule has 0 bridgehead atoms. The van der Waals surface area contributed by atoms with Gasteiger partial charge < -0.3 is 15.6 Å². The number of halogens is 1. The average molecular weight is 396 g/mol. The van der Waals surface area contributed by atoms with Crippen molar-refractivity contribution in [3.8, 4) is 18.0 Å².